The summed E-state index contributed by atoms with van der Waals surface area (Å²) in [5.41, 5.74) is 21.9. The molecule has 0 saturated heterocycles. The second-order valence-corrected chi connectivity index (χ2v) is 18.7. The number of aryl methyl sites for hydroxylation is 4. The Labute approximate surface area is 408 Å². The molecule has 0 spiro atoms. The molecule has 0 N–H and O–H groups in total. The topological polar surface area (TPSA) is 38.0 Å². The van der Waals surface area contributed by atoms with E-state index < -0.39 is 0 Å². The molecule has 0 unspecified atom stereocenters. The minimum absolute atomic E-state index is 0.500. The van der Waals surface area contributed by atoms with Crippen LogP contribution in [0.1, 0.15) is 27.8 Å². The predicted molar refractivity (Wildman–Crippen MR) is 292 cm³/mol. The lowest BCUT2D eigenvalue weighted by Crippen LogP contribution is -2.03. The first-order valence-electron chi connectivity index (χ1n) is 23.7. The summed E-state index contributed by atoms with van der Waals surface area (Å²) < 4.78 is 4.64. The summed E-state index contributed by atoms with van der Waals surface area (Å²) in [6.07, 6.45) is 0. The normalized spacial score (nSPS) is 11.4. The average molecular weight is 895 g/mol. The summed E-state index contributed by atoms with van der Waals surface area (Å²) in [4.78, 5) is 4.64. The first kappa shape index (κ1) is 42.2. The Kier molecular flexibility index (Phi) is 10.1. The Hall–Kier alpha value is -9.22. The molecule has 2 aromatic heterocycles. The highest BCUT2D eigenvalue weighted by Crippen LogP contribution is 2.48. The Morgan fingerprint density at radius 3 is 1.09 bits per heavy atom. The van der Waals surface area contributed by atoms with Crippen LogP contribution in [-0.2, 0) is 0 Å². The minimum Gasteiger partial charge on any atom is -0.319 e. The van der Waals surface area contributed by atoms with E-state index in [9.17, 15) is 11.8 Å². The van der Waals surface area contributed by atoms with Gasteiger partial charge in [-0.2, -0.15) is 5.26 Å². The zero-order valence-corrected chi connectivity index (χ0v) is 39.4. The molecule has 0 saturated carbocycles. The number of nitrogens with zero attached hydrogens (tertiary/aromatic N) is 4. The number of nitriles is 1. The third-order valence-electron chi connectivity index (χ3n) is 14.1. The molecule has 0 aliphatic heterocycles. The Bertz CT molecular complexity index is 3930. The molecule has 0 aliphatic rings. The smallest absolute Gasteiger partial charge is 0.234 e. The molecule has 0 bridgehead atoms. The van der Waals surface area contributed by atoms with Crippen molar-refractivity contribution in [3.63, 3.8) is 0 Å². The average Bonchev–Trinajstić information content (AvgIpc) is 3.89. The molecule has 0 aliphatic carbocycles. The molecule has 0 fully saturated rings. The maximum Gasteiger partial charge on any atom is 0.234 e. The van der Waals surface area contributed by atoms with Crippen LogP contribution < -0.4 is 0 Å². The SMILES string of the molecule is [C-]#[N+]c1c(-n2c3cc(-c4ccc(C)cc4)ccc3c3ccc(-c4ccc(C)cc4)cc32)ccc(-c2cccc(C#N)c2)c1-n1c2cc(-c3ccc(C)cc3)ccc2c2ccc(-c3ccc(C)cc3)cc21. The van der Waals surface area contributed by atoms with Gasteiger partial charge < -0.3 is 9.13 Å². The maximum absolute atomic E-state index is 10.3. The van der Waals surface area contributed by atoms with E-state index in [0.29, 0.717) is 11.3 Å². The van der Waals surface area contributed by atoms with Gasteiger partial charge in [-0.1, -0.05) is 186 Å². The lowest BCUT2D eigenvalue weighted by atomic mass is 9.98. The maximum atomic E-state index is 10.3. The van der Waals surface area contributed by atoms with E-state index >= 15 is 0 Å². The molecule has 4 heteroatoms. The number of aromatic nitrogens is 2. The minimum atomic E-state index is 0.500. The largest absolute Gasteiger partial charge is 0.319 e. The van der Waals surface area contributed by atoms with Gasteiger partial charge in [-0.3, -0.25) is 0 Å². The molecule has 4 nitrogen and oxygen atoms in total. The van der Waals surface area contributed by atoms with Gasteiger partial charge in [0.2, 0.25) is 5.69 Å². The Morgan fingerprint density at radius 2 is 0.729 bits per heavy atom. The van der Waals surface area contributed by atoms with Crippen molar-refractivity contribution in [1.29, 1.82) is 5.26 Å². The summed E-state index contributed by atoms with van der Waals surface area (Å²) in [6.45, 7) is 17.9. The molecule has 70 heavy (non-hydrogen) atoms. The number of fused-ring (bicyclic) bond motifs is 6. The van der Waals surface area contributed by atoms with Crippen molar-refractivity contribution in [3.8, 4) is 73.1 Å². The van der Waals surface area contributed by atoms with E-state index in [1.54, 1.807) is 0 Å². The molecular weight excluding hydrogens is 849 g/mol. The van der Waals surface area contributed by atoms with E-state index in [1.807, 2.05) is 18.2 Å². The van der Waals surface area contributed by atoms with Crippen LogP contribution in [0.25, 0.3) is 115 Å². The standard InChI is InChI=1S/C66H46N4/c1-41-9-17-46(18-10-41)50-25-29-56-57-30-26-51(47-19-11-42(2)12-20-47)37-62(57)69(61(56)36-50)60-34-33-55(54-8-6-7-45(35-54)40-67)66(65(60)68-5)70-63-38-52(48-21-13-43(3)14-22-48)27-31-58(63)59-32-28-53(39-64(59)70)49-23-15-44(4)16-24-49/h6-39H,1-4H3. The number of hydrogen-bond donors (Lipinski definition) is 0. The molecule has 12 aromatic rings. The molecule has 0 radical (unpaired) electrons. The van der Waals surface area contributed by atoms with Crippen molar-refractivity contribution in [1.82, 2.24) is 9.13 Å². The zero-order chi connectivity index (χ0) is 47.6. The van der Waals surface area contributed by atoms with Crippen LogP contribution >= 0.6 is 0 Å². The fourth-order valence-corrected chi connectivity index (χ4v) is 10.3. The third-order valence-corrected chi connectivity index (χ3v) is 14.1. The van der Waals surface area contributed by atoms with Gasteiger partial charge in [-0.05, 0) is 126 Å². The van der Waals surface area contributed by atoms with Gasteiger partial charge in [0.1, 0.15) is 0 Å². The van der Waals surface area contributed by atoms with Crippen molar-refractivity contribution in [2.45, 2.75) is 27.7 Å². The second kappa shape index (κ2) is 16.8. The van der Waals surface area contributed by atoms with E-state index in [4.69, 9.17) is 0 Å². The summed E-state index contributed by atoms with van der Waals surface area (Å²) in [5, 5.41) is 14.6. The quantitative estimate of drug-likeness (QED) is 0.147. The van der Waals surface area contributed by atoms with Gasteiger partial charge in [0.15, 0.2) is 0 Å². The van der Waals surface area contributed by atoms with E-state index in [2.05, 4.69) is 236 Å². The summed E-state index contributed by atoms with van der Waals surface area (Å²) in [6, 6.07) is 76.1. The van der Waals surface area contributed by atoms with Crippen LogP contribution in [0.4, 0.5) is 5.69 Å². The van der Waals surface area contributed by atoms with Crippen LogP contribution in [0.3, 0.4) is 0 Å². The monoisotopic (exact) mass is 894 g/mol. The molecule has 0 atom stereocenters. The first-order chi connectivity index (χ1) is 34.2. The van der Waals surface area contributed by atoms with Gasteiger partial charge in [0.05, 0.1) is 51.6 Å². The highest BCUT2D eigenvalue weighted by atomic mass is 15.1. The van der Waals surface area contributed by atoms with Gasteiger partial charge in [-0.15, -0.1) is 0 Å². The van der Waals surface area contributed by atoms with Gasteiger partial charge in [0.25, 0.3) is 0 Å². The number of benzene rings is 10. The van der Waals surface area contributed by atoms with Crippen molar-refractivity contribution in [3.05, 3.63) is 245 Å². The molecule has 2 heterocycles. The van der Waals surface area contributed by atoms with Crippen LogP contribution in [0.5, 0.6) is 0 Å². The lowest BCUT2D eigenvalue weighted by molar-refractivity contribution is 1.15. The highest BCUT2D eigenvalue weighted by molar-refractivity contribution is 6.14. The predicted octanol–water partition coefficient (Wildman–Crippen LogP) is 17.9. The van der Waals surface area contributed by atoms with Crippen LogP contribution in [0, 0.1) is 45.6 Å². The summed E-state index contributed by atoms with van der Waals surface area (Å²) in [7, 11) is 0. The summed E-state index contributed by atoms with van der Waals surface area (Å²) >= 11 is 0. The Balaban J connectivity index is 1.23. The number of hydrogen-bond acceptors (Lipinski definition) is 1. The molecule has 10 aromatic carbocycles. The molecular formula is C66H46N4. The highest BCUT2D eigenvalue weighted by Gasteiger charge is 2.26. The van der Waals surface area contributed by atoms with Crippen molar-refractivity contribution in [2.24, 2.45) is 0 Å². The third kappa shape index (κ3) is 7.14. The van der Waals surface area contributed by atoms with E-state index in [-0.39, 0.29) is 0 Å². The van der Waals surface area contributed by atoms with Crippen molar-refractivity contribution in [2.75, 3.05) is 0 Å². The van der Waals surface area contributed by atoms with Gasteiger partial charge in [-0.25, -0.2) is 4.85 Å². The van der Waals surface area contributed by atoms with Crippen LogP contribution in [-0.4, -0.2) is 9.13 Å². The Morgan fingerprint density at radius 1 is 0.371 bits per heavy atom. The molecule has 12 rings (SSSR count). The van der Waals surface area contributed by atoms with E-state index in [0.717, 1.165) is 111 Å². The summed E-state index contributed by atoms with van der Waals surface area (Å²) in [5.74, 6) is 0. The molecule has 0 amide bonds. The fraction of sp³-hybridized carbons (Fsp3) is 0.0606. The van der Waals surface area contributed by atoms with Crippen LogP contribution in [0.2, 0.25) is 0 Å². The zero-order valence-electron chi connectivity index (χ0n) is 39.4. The van der Waals surface area contributed by atoms with Crippen LogP contribution in [0.15, 0.2) is 206 Å². The van der Waals surface area contributed by atoms with Crippen molar-refractivity contribution >= 4 is 49.3 Å². The lowest BCUT2D eigenvalue weighted by Gasteiger charge is -2.21. The molecule has 330 valence electrons. The fourth-order valence-electron chi connectivity index (χ4n) is 10.3. The van der Waals surface area contributed by atoms with Gasteiger partial charge >= 0.3 is 0 Å². The number of rotatable bonds is 7. The first-order valence-corrected chi connectivity index (χ1v) is 23.7. The van der Waals surface area contributed by atoms with E-state index in [1.165, 1.54) is 22.3 Å². The van der Waals surface area contributed by atoms with Gasteiger partial charge in [0, 0.05) is 21.5 Å². The van der Waals surface area contributed by atoms with Crippen molar-refractivity contribution < 1.29 is 0 Å². The second-order valence-electron chi connectivity index (χ2n) is 18.7.